The van der Waals surface area contributed by atoms with Gasteiger partial charge in [0.25, 0.3) is 0 Å². The molecule has 1 atom stereocenters. The first-order valence-corrected chi connectivity index (χ1v) is 9.57. The van der Waals surface area contributed by atoms with E-state index in [9.17, 15) is 0 Å². The van der Waals surface area contributed by atoms with Gasteiger partial charge in [-0.25, -0.2) is 0 Å². The number of aryl methyl sites for hydroxylation is 1. The number of nitrogens with zero attached hydrogens (tertiary/aromatic N) is 1. The van der Waals surface area contributed by atoms with Crippen LogP contribution in [-0.2, 0) is 7.05 Å². The van der Waals surface area contributed by atoms with Crippen LogP contribution >= 0.6 is 0 Å². The van der Waals surface area contributed by atoms with Crippen LogP contribution in [0, 0.1) is 0 Å². The summed E-state index contributed by atoms with van der Waals surface area (Å²) in [5.41, 5.74) is 12.6. The second-order valence-electron chi connectivity index (χ2n) is 7.79. The average Bonchev–Trinajstić information content (AvgIpc) is 3.16. The molecule has 126 valence electrons. The van der Waals surface area contributed by atoms with Crippen LogP contribution in [0.1, 0.15) is 22.6 Å². The highest BCUT2D eigenvalue weighted by atomic mass is 14.9. The van der Waals surface area contributed by atoms with Gasteiger partial charge in [0, 0.05) is 34.8 Å². The highest BCUT2D eigenvalue weighted by Crippen LogP contribution is 2.56. The molecule has 27 heavy (non-hydrogen) atoms. The van der Waals surface area contributed by atoms with Crippen molar-refractivity contribution in [2.24, 2.45) is 7.05 Å². The number of hydrogen-bond acceptors (Lipinski definition) is 0. The van der Waals surface area contributed by atoms with Crippen molar-refractivity contribution in [2.45, 2.75) is 5.92 Å². The van der Waals surface area contributed by atoms with Crippen LogP contribution in [0.25, 0.3) is 44.1 Å². The third-order valence-corrected chi connectivity index (χ3v) is 6.65. The molecule has 7 rings (SSSR count). The van der Waals surface area contributed by atoms with Crippen molar-refractivity contribution in [1.82, 2.24) is 4.57 Å². The Morgan fingerprint density at radius 1 is 0.556 bits per heavy atom. The van der Waals surface area contributed by atoms with Crippen molar-refractivity contribution in [3.05, 3.63) is 95.6 Å². The second-order valence-corrected chi connectivity index (χ2v) is 7.79. The third kappa shape index (κ3) is 1.45. The summed E-state index contributed by atoms with van der Waals surface area (Å²) in [6, 6.07) is 29.4. The molecule has 0 amide bonds. The molecule has 1 unspecified atom stereocenters. The van der Waals surface area contributed by atoms with E-state index < -0.39 is 0 Å². The number of benzene rings is 4. The molecule has 0 bridgehead atoms. The molecule has 1 heterocycles. The molecule has 1 aromatic heterocycles. The number of rotatable bonds is 0. The van der Waals surface area contributed by atoms with Gasteiger partial charge >= 0.3 is 0 Å². The van der Waals surface area contributed by atoms with Crippen molar-refractivity contribution < 1.29 is 0 Å². The minimum absolute atomic E-state index is 0.314. The van der Waals surface area contributed by atoms with Gasteiger partial charge in [0.1, 0.15) is 0 Å². The maximum atomic E-state index is 2.35. The highest BCUT2D eigenvalue weighted by molar-refractivity contribution is 6.18. The molecule has 4 aromatic carbocycles. The zero-order valence-corrected chi connectivity index (χ0v) is 15.0. The molecular weight excluding hydrogens is 326 g/mol. The first kappa shape index (κ1) is 13.8. The normalized spacial score (nSPS) is 16.0. The van der Waals surface area contributed by atoms with E-state index >= 15 is 0 Å². The molecular formula is C26H17N. The Kier molecular flexibility index (Phi) is 2.30. The van der Waals surface area contributed by atoms with E-state index in [1.165, 1.54) is 60.8 Å². The first-order valence-electron chi connectivity index (χ1n) is 9.57. The lowest BCUT2D eigenvalue weighted by Gasteiger charge is -2.17. The fourth-order valence-electron chi connectivity index (χ4n) is 5.61. The summed E-state index contributed by atoms with van der Waals surface area (Å²) in [5.74, 6) is 0.314. The van der Waals surface area contributed by atoms with Gasteiger partial charge in [-0.3, -0.25) is 0 Å². The summed E-state index contributed by atoms with van der Waals surface area (Å²) in [7, 11) is 2.19. The molecule has 2 aliphatic carbocycles. The van der Waals surface area contributed by atoms with Gasteiger partial charge in [-0.15, -0.1) is 0 Å². The van der Waals surface area contributed by atoms with Crippen molar-refractivity contribution in [1.29, 1.82) is 0 Å². The number of fused-ring (bicyclic) bond motifs is 5. The second kappa shape index (κ2) is 4.50. The molecule has 0 fully saturated rings. The van der Waals surface area contributed by atoms with E-state index in [2.05, 4.69) is 90.5 Å². The summed E-state index contributed by atoms with van der Waals surface area (Å²) in [6.45, 7) is 0. The lowest BCUT2D eigenvalue weighted by molar-refractivity contribution is 1.00. The van der Waals surface area contributed by atoms with E-state index in [1.54, 1.807) is 0 Å². The van der Waals surface area contributed by atoms with Crippen LogP contribution in [0.4, 0.5) is 0 Å². The molecule has 0 N–H and O–H groups in total. The Bertz CT molecular complexity index is 1430. The molecule has 1 nitrogen and oxygen atoms in total. The predicted molar refractivity (Wildman–Crippen MR) is 112 cm³/mol. The van der Waals surface area contributed by atoms with Crippen molar-refractivity contribution >= 4 is 21.8 Å². The SMILES string of the molecule is Cn1c2cccc3c2c2c(cccc21)C1c2ccccc2-c2cccc-3c21. The third-order valence-electron chi connectivity index (χ3n) is 6.65. The summed E-state index contributed by atoms with van der Waals surface area (Å²) in [5, 5.41) is 2.83. The smallest absolute Gasteiger partial charge is 0.0495 e. The molecule has 0 aliphatic heterocycles. The lowest BCUT2D eigenvalue weighted by Crippen LogP contribution is -2.00. The van der Waals surface area contributed by atoms with Crippen molar-refractivity contribution in [2.75, 3.05) is 0 Å². The summed E-state index contributed by atoms with van der Waals surface area (Å²) in [4.78, 5) is 0. The van der Waals surface area contributed by atoms with E-state index in [-0.39, 0.29) is 0 Å². The molecule has 2 aliphatic rings. The van der Waals surface area contributed by atoms with Gasteiger partial charge in [0.2, 0.25) is 0 Å². The zero-order valence-electron chi connectivity index (χ0n) is 15.0. The van der Waals surface area contributed by atoms with Crippen molar-refractivity contribution in [3.63, 3.8) is 0 Å². The van der Waals surface area contributed by atoms with Gasteiger partial charge in [-0.05, 0) is 51.1 Å². The Labute approximate surface area is 157 Å². The van der Waals surface area contributed by atoms with Crippen molar-refractivity contribution in [3.8, 4) is 22.3 Å². The Morgan fingerprint density at radius 3 is 2.04 bits per heavy atom. The van der Waals surface area contributed by atoms with E-state index in [4.69, 9.17) is 0 Å². The van der Waals surface area contributed by atoms with Gasteiger partial charge in [-0.1, -0.05) is 66.7 Å². The average molecular weight is 343 g/mol. The van der Waals surface area contributed by atoms with Crippen LogP contribution in [0.2, 0.25) is 0 Å². The molecule has 0 radical (unpaired) electrons. The Hall–Kier alpha value is -3.32. The summed E-state index contributed by atoms with van der Waals surface area (Å²) >= 11 is 0. The van der Waals surface area contributed by atoms with Crippen LogP contribution in [-0.4, -0.2) is 4.57 Å². The van der Waals surface area contributed by atoms with Gasteiger partial charge in [0.15, 0.2) is 0 Å². The fraction of sp³-hybridized carbons (Fsp3) is 0.0769. The minimum Gasteiger partial charge on any atom is -0.344 e. The van der Waals surface area contributed by atoms with Gasteiger partial charge < -0.3 is 4.57 Å². The maximum absolute atomic E-state index is 2.35. The molecule has 0 spiro atoms. The topological polar surface area (TPSA) is 4.93 Å². The monoisotopic (exact) mass is 343 g/mol. The quantitative estimate of drug-likeness (QED) is 0.297. The highest BCUT2D eigenvalue weighted by Gasteiger charge is 2.36. The molecule has 1 heteroatoms. The lowest BCUT2D eigenvalue weighted by atomic mass is 9.86. The minimum atomic E-state index is 0.314. The van der Waals surface area contributed by atoms with Crippen LogP contribution in [0.15, 0.2) is 78.9 Å². The maximum Gasteiger partial charge on any atom is 0.0495 e. The molecule has 0 saturated carbocycles. The number of hydrogen-bond donors (Lipinski definition) is 0. The Balaban J connectivity index is 1.82. The largest absolute Gasteiger partial charge is 0.344 e. The fourth-order valence-corrected chi connectivity index (χ4v) is 5.61. The van der Waals surface area contributed by atoms with Crippen LogP contribution < -0.4 is 0 Å². The summed E-state index contributed by atoms with van der Waals surface area (Å²) < 4.78 is 2.35. The van der Waals surface area contributed by atoms with E-state index in [1.807, 2.05) is 0 Å². The first-order chi connectivity index (χ1) is 13.3. The standard InChI is InChI=1S/C26H17N/c1-27-21-13-5-11-19-18-10-4-9-17-15-7-2-3-8-16(15)24(23(17)18)20-12-6-14-22(27)26(20)25(19)21/h2-14,24H,1H3. The van der Waals surface area contributed by atoms with Crippen LogP contribution in [0.5, 0.6) is 0 Å². The predicted octanol–water partition coefficient (Wildman–Crippen LogP) is 6.47. The zero-order chi connectivity index (χ0) is 17.7. The van der Waals surface area contributed by atoms with Crippen LogP contribution in [0.3, 0.4) is 0 Å². The van der Waals surface area contributed by atoms with E-state index in [0.29, 0.717) is 5.92 Å². The number of aromatic nitrogens is 1. The molecule has 0 saturated heterocycles. The molecule has 5 aromatic rings. The summed E-state index contributed by atoms with van der Waals surface area (Å²) in [6.07, 6.45) is 0. The van der Waals surface area contributed by atoms with Gasteiger partial charge in [0.05, 0.1) is 0 Å². The van der Waals surface area contributed by atoms with Gasteiger partial charge in [-0.2, -0.15) is 0 Å². The van der Waals surface area contributed by atoms with E-state index in [0.717, 1.165) is 0 Å². The Morgan fingerprint density at radius 2 is 1.15 bits per heavy atom.